The third kappa shape index (κ3) is 69.3. The standard InChI is InChI=1S/C77H136O6/c1-4-7-10-13-16-19-22-25-28-30-32-33-34-35-36-37-38-39-40-41-42-43-45-46-49-52-55-58-61-64-67-70-76(79)82-73-74(72-81-75(78)69-66-63-60-57-54-51-48-27-24-21-18-15-12-9-6-3)83-77(80)71-68-65-62-59-56-53-50-47-44-31-29-26-23-20-17-14-11-8-5-2/h7,10,16,19,25,28,32-33,35-36,38-39,41-42,74H,4-6,8-9,11-15,17-18,20-24,26-27,29-31,34,37,40,43-73H2,1-3H3/b10-7-,19-16-,28-25-,33-32-,36-35-,39-38-,42-41-. The predicted molar refractivity (Wildman–Crippen MR) is 362 cm³/mol. The third-order valence-corrected chi connectivity index (χ3v) is 15.9. The van der Waals surface area contributed by atoms with Crippen molar-refractivity contribution in [3.63, 3.8) is 0 Å². The van der Waals surface area contributed by atoms with Crippen LogP contribution in [0.5, 0.6) is 0 Å². The van der Waals surface area contributed by atoms with Crippen LogP contribution in [-0.4, -0.2) is 37.2 Å². The highest BCUT2D eigenvalue weighted by Gasteiger charge is 2.19. The molecule has 0 aromatic heterocycles. The summed E-state index contributed by atoms with van der Waals surface area (Å²) in [6, 6.07) is 0. The van der Waals surface area contributed by atoms with Gasteiger partial charge in [0.25, 0.3) is 0 Å². The van der Waals surface area contributed by atoms with Gasteiger partial charge in [-0.25, -0.2) is 0 Å². The van der Waals surface area contributed by atoms with Gasteiger partial charge in [-0.3, -0.25) is 14.4 Å². The molecule has 0 rings (SSSR count). The lowest BCUT2D eigenvalue weighted by atomic mass is 10.0. The molecule has 0 amide bonds. The van der Waals surface area contributed by atoms with Crippen molar-refractivity contribution in [2.75, 3.05) is 13.2 Å². The summed E-state index contributed by atoms with van der Waals surface area (Å²) < 4.78 is 17.0. The van der Waals surface area contributed by atoms with Crippen molar-refractivity contribution in [2.45, 2.75) is 374 Å². The number of rotatable bonds is 66. The molecular formula is C77H136O6. The van der Waals surface area contributed by atoms with E-state index in [0.29, 0.717) is 19.3 Å². The highest BCUT2D eigenvalue weighted by Crippen LogP contribution is 2.18. The Morgan fingerprint density at radius 2 is 0.470 bits per heavy atom. The Morgan fingerprint density at radius 3 is 0.735 bits per heavy atom. The maximum Gasteiger partial charge on any atom is 0.306 e. The van der Waals surface area contributed by atoms with Crippen molar-refractivity contribution in [1.82, 2.24) is 0 Å². The number of hydrogen-bond donors (Lipinski definition) is 0. The molecule has 0 heterocycles. The smallest absolute Gasteiger partial charge is 0.306 e. The lowest BCUT2D eigenvalue weighted by Gasteiger charge is -2.18. The number of carbonyl (C=O) groups is 3. The summed E-state index contributed by atoms with van der Waals surface area (Å²) in [7, 11) is 0. The Bertz CT molecular complexity index is 1570. The van der Waals surface area contributed by atoms with Gasteiger partial charge in [-0.15, -0.1) is 0 Å². The second kappa shape index (κ2) is 71.1. The van der Waals surface area contributed by atoms with Gasteiger partial charge in [0.2, 0.25) is 0 Å². The molecule has 0 radical (unpaired) electrons. The molecule has 0 aliphatic rings. The van der Waals surface area contributed by atoms with E-state index >= 15 is 0 Å². The average Bonchev–Trinajstić information content (AvgIpc) is 3.49. The highest BCUT2D eigenvalue weighted by atomic mass is 16.6. The molecule has 0 aliphatic heterocycles. The molecular weight excluding hydrogens is 1020 g/mol. The summed E-state index contributed by atoms with van der Waals surface area (Å²) in [6.45, 7) is 6.58. The monoisotopic (exact) mass is 1160 g/mol. The number of esters is 3. The lowest BCUT2D eigenvalue weighted by molar-refractivity contribution is -0.167. The summed E-state index contributed by atoms with van der Waals surface area (Å²) in [5.41, 5.74) is 0. The molecule has 6 nitrogen and oxygen atoms in total. The molecule has 0 aromatic rings. The van der Waals surface area contributed by atoms with Crippen LogP contribution < -0.4 is 0 Å². The van der Waals surface area contributed by atoms with Gasteiger partial charge in [-0.2, -0.15) is 0 Å². The van der Waals surface area contributed by atoms with Crippen molar-refractivity contribution < 1.29 is 28.6 Å². The van der Waals surface area contributed by atoms with Gasteiger partial charge in [0, 0.05) is 19.3 Å². The summed E-state index contributed by atoms with van der Waals surface area (Å²) in [5, 5.41) is 0. The fourth-order valence-corrected chi connectivity index (χ4v) is 10.5. The van der Waals surface area contributed by atoms with Crippen LogP contribution in [0.2, 0.25) is 0 Å². The normalized spacial score (nSPS) is 12.6. The Kier molecular flexibility index (Phi) is 68.2. The number of carbonyl (C=O) groups excluding carboxylic acids is 3. The minimum Gasteiger partial charge on any atom is -0.462 e. The Hall–Kier alpha value is -3.41. The number of allylic oxidation sites excluding steroid dienone is 14. The minimum absolute atomic E-state index is 0.0719. The fourth-order valence-electron chi connectivity index (χ4n) is 10.5. The summed E-state index contributed by atoms with van der Waals surface area (Å²) in [4.78, 5) is 38.5. The van der Waals surface area contributed by atoms with E-state index in [1.165, 1.54) is 218 Å². The Labute approximate surface area is 515 Å². The summed E-state index contributed by atoms with van der Waals surface area (Å²) >= 11 is 0. The molecule has 6 heteroatoms. The molecule has 0 saturated carbocycles. The van der Waals surface area contributed by atoms with E-state index in [-0.39, 0.29) is 31.1 Å². The first kappa shape index (κ1) is 79.6. The highest BCUT2D eigenvalue weighted by molar-refractivity contribution is 5.71. The molecule has 0 aromatic carbocycles. The quantitative estimate of drug-likeness (QED) is 0.0261. The van der Waals surface area contributed by atoms with Crippen LogP contribution in [-0.2, 0) is 28.6 Å². The molecule has 0 aliphatic carbocycles. The van der Waals surface area contributed by atoms with E-state index in [1.54, 1.807) is 0 Å². The second-order valence-corrected chi connectivity index (χ2v) is 24.1. The van der Waals surface area contributed by atoms with Crippen molar-refractivity contribution >= 4 is 17.9 Å². The second-order valence-electron chi connectivity index (χ2n) is 24.1. The molecule has 1 unspecified atom stereocenters. The van der Waals surface area contributed by atoms with Crippen LogP contribution in [0.25, 0.3) is 0 Å². The predicted octanol–water partition coefficient (Wildman–Crippen LogP) is 25.0. The Morgan fingerprint density at radius 1 is 0.253 bits per heavy atom. The van der Waals surface area contributed by atoms with Gasteiger partial charge in [0.1, 0.15) is 13.2 Å². The number of hydrogen-bond acceptors (Lipinski definition) is 6. The summed E-state index contributed by atoms with van der Waals surface area (Å²) in [6.07, 6.45) is 94.6. The van der Waals surface area contributed by atoms with Crippen LogP contribution in [0.3, 0.4) is 0 Å². The molecule has 0 N–H and O–H groups in total. The first-order valence-corrected chi connectivity index (χ1v) is 36.1. The van der Waals surface area contributed by atoms with E-state index < -0.39 is 6.10 Å². The van der Waals surface area contributed by atoms with Crippen LogP contribution in [0, 0.1) is 0 Å². The van der Waals surface area contributed by atoms with E-state index in [4.69, 9.17) is 14.2 Å². The molecule has 480 valence electrons. The fraction of sp³-hybridized carbons (Fsp3) is 0.779. The van der Waals surface area contributed by atoms with Crippen molar-refractivity contribution in [1.29, 1.82) is 0 Å². The van der Waals surface area contributed by atoms with E-state index in [2.05, 4.69) is 106 Å². The van der Waals surface area contributed by atoms with E-state index in [1.807, 2.05) is 0 Å². The number of unbranched alkanes of at least 4 members (excludes halogenated alkanes) is 41. The third-order valence-electron chi connectivity index (χ3n) is 15.9. The first-order valence-electron chi connectivity index (χ1n) is 36.1. The maximum absolute atomic E-state index is 13.0. The van der Waals surface area contributed by atoms with Crippen LogP contribution >= 0.6 is 0 Å². The zero-order valence-electron chi connectivity index (χ0n) is 55.2. The van der Waals surface area contributed by atoms with Gasteiger partial charge < -0.3 is 14.2 Å². The molecule has 0 bridgehead atoms. The first-order chi connectivity index (χ1) is 41.0. The molecule has 0 fully saturated rings. The molecule has 0 saturated heterocycles. The molecule has 83 heavy (non-hydrogen) atoms. The van der Waals surface area contributed by atoms with Crippen LogP contribution in [0.1, 0.15) is 367 Å². The largest absolute Gasteiger partial charge is 0.462 e. The van der Waals surface area contributed by atoms with E-state index in [9.17, 15) is 14.4 Å². The van der Waals surface area contributed by atoms with Gasteiger partial charge in [-0.05, 0) is 77.0 Å². The average molecular weight is 1160 g/mol. The van der Waals surface area contributed by atoms with Crippen molar-refractivity contribution in [2.24, 2.45) is 0 Å². The van der Waals surface area contributed by atoms with Gasteiger partial charge in [0.05, 0.1) is 0 Å². The van der Waals surface area contributed by atoms with E-state index in [0.717, 1.165) is 109 Å². The maximum atomic E-state index is 13.0. The number of ether oxygens (including phenoxy) is 3. The zero-order chi connectivity index (χ0) is 59.9. The summed E-state index contributed by atoms with van der Waals surface area (Å²) in [5.74, 6) is -0.854. The lowest BCUT2D eigenvalue weighted by Crippen LogP contribution is -2.30. The SMILES string of the molecule is CC/C=C\C/C=C\C/C=C\C/C=C\C/C=C\C/C=C\C/C=C\CCCCCCCCCCCC(=O)OCC(COC(=O)CCCCCCCCCCCCCCCCC)OC(=O)CCCCCCCCCCCCCCCCCCCCC. The van der Waals surface area contributed by atoms with Gasteiger partial charge >= 0.3 is 17.9 Å². The van der Waals surface area contributed by atoms with Crippen molar-refractivity contribution in [3.05, 3.63) is 85.1 Å². The molecule has 1 atom stereocenters. The molecule has 0 spiro atoms. The van der Waals surface area contributed by atoms with Gasteiger partial charge in [0.15, 0.2) is 6.10 Å². The Balaban J connectivity index is 4.28. The topological polar surface area (TPSA) is 78.9 Å². The van der Waals surface area contributed by atoms with Crippen LogP contribution in [0.4, 0.5) is 0 Å². The van der Waals surface area contributed by atoms with Gasteiger partial charge in [-0.1, -0.05) is 356 Å². The minimum atomic E-state index is -0.777. The zero-order valence-corrected chi connectivity index (χ0v) is 55.2. The van der Waals surface area contributed by atoms with Crippen LogP contribution in [0.15, 0.2) is 85.1 Å². The van der Waals surface area contributed by atoms with Crippen molar-refractivity contribution in [3.8, 4) is 0 Å².